The SMILES string of the molecule is O=C(O)CNc1ccc(Cl)cc1.[NaH]. The van der Waals surface area contributed by atoms with E-state index in [-0.39, 0.29) is 36.1 Å². The number of halogens is 1. The van der Waals surface area contributed by atoms with Crippen LogP contribution < -0.4 is 5.32 Å². The van der Waals surface area contributed by atoms with Crippen molar-refractivity contribution in [2.75, 3.05) is 11.9 Å². The Morgan fingerprint density at radius 3 is 2.38 bits per heavy atom. The van der Waals surface area contributed by atoms with Gasteiger partial charge >= 0.3 is 35.5 Å². The summed E-state index contributed by atoms with van der Waals surface area (Å²) < 4.78 is 0. The third-order valence-electron chi connectivity index (χ3n) is 1.29. The van der Waals surface area contributed by atoms with Crippen molar-refractivity contribution in [2.45, 2.75) is 0 Å². The molecular weight excluding hydrogens is 201 g/mol. The summed E-state index contributed by atoms with van der Waals surface area (Å²) in [5.41, 5.74) is 0.752. The average molecular weight is 210 g/mol. The van der Waals surface area contributed by atoms with E-state index in [9.17, 15) is 4.79 Å². The number of nitrogens with one attached hydrogen (secondary N) is 1. The molecule has 1 aromatic rings. The molecule has 2 N–H and O–H groups in total. The Balaban J connectivity index is 0.00000144. The number of anilines is 1. The minimum absolute atomic E-state index is 0. The molecule has 0 unspecified atom stereocenters. The van der Waals surface area contributed by atoms with Gasteiger partial charge in [0.15, 0.2) is 0 Å². The molecule has 0 aliphatic carbocycles. The quantitative estimate of drug-likeness (QED) is 0.736. The average Bonchev–Trinajstić information content (AvgIpc) is 2.03. The van der Waals surface area contributed by atoms with Crippen molar-refractivity contribution in [1.29, 1.82) is 0 Å². The number of carboxylic acids is 1. The van der Waals surface area contributed by atoms with Crippen molar-refractivity contribution in [3.63, 3.8) is 0 Å². The van der Waals surface area contributed by atoms with Gasteiger partial charge in [0.05, 0.1) is 0 Å². The molecule has 5 heteroatoms. The molecule has 3 nitrogen and oxygen atoms in total. The van der Waals surface area contributed by atoms with Gasteiger partial charge in [0, 0.05) is 10.7 Å². The van der Waals surface area contributed by atoms with Gasteiger partial charge in [-0.3, -0.25) is 4.79 Å². The fraction of sp³-hybridized carbons (Fsp3) is 0.125. The zero-order valence-corrected chi connectivity index (χ0v) is 7.01. The van der Waals surface area contributed by atoms with E-state index in [0.29, 0.717) is 5.02 Å². The predicted octanol–water partition coefficient (Wildman–Crippen LogP) is 1.19. The molecule has 0 saturated heterocycles. The predicted molar refractivity (Wildman–Crippen MR) is 54.7 cm³/mol. The molecule has 0 spiro atoms. The molecule has 0 saturated carbocycles. The second-order valence-electron chi connectivity index (χ2n) is 2.25. The van der Waals surface area contributed by atoms with Crippen LogP contribution in [0, 0.1) is 0 Å². The van der Waals surface area contributed by atoms with Crippen LogP contribution in [0.3, 0.4) is 0 Å². The molecule has 66 valence electrons. The summed E-state index contributed by atoms with van der Waals surface area (Å²) in [5, 5.41) is 11.7. The third-order valence-corrected chi connectivity index (χ3v) is 1.54. The van der Waals surface area contributed by atoms with Crippen molar-refractivity contribution in [3.05, 3.63) is 29.3 Å². The molecule has 0 radical (unpaired) electrons. The van der Waals surface area contributed by atoms with Gasteiger partial charge in [-0.1, -0.05) is 11.6 Å². The van der Waals surface area contributed by atoms with Crippen LogP contribution in [0.25, 0.3) is 0 Å². The van der Waals surface area contributed by atoms with E-state index in [0.717, 1.165) is 5.69 Å². The van der Waals surface area contributed by atoms with Crippen molar-refractivity contribution < 1.29 is 9.90 Å². The fourth-order valence-corrected chi connectivity index (χ4v) is 0.871. The first-order valence-corrected chi connectivity index (χ1v) is 3.77. The first-order valence-electron chi connectivity index (χ1n) is 3.40. The van der Waals surface area contributed by atoms with Gasteiger partial charge < -0.3 is 10.4 Å². The van der Waals surface area contributed by atoms with E-state index in [1.165, 1.54) is 0 Å². The summed E-state index contributed by atoms with van der Waals surface area (Å²) in [4.78, 5) is 10.2. The Labute approximate surface area is 103 Å². The molecular formula is C8H9ClNNaO2. The van der Waals surface area contributed by atoms with Crippen molar-refractivity contribution in [3.8, 4) is 0 Å². The van der Waals surface area contributed by atoms with Crippen LogP contribution in [0.15, 0.2) is 24.3 Å². The van der Waals surface area contributed by atoms with Gasteiger partial charge in [-0.25, -0.2) is 0 Å². The van der Waals surface area contributed by atoms with Gasteiger partial charge in [0.25, 0.3) is 0 Å². The molecule has 0 aliphatic heterocycles. The molecule has 0 amide bonds. The molecule has 0 fully saturated rings. The standard InChI is InChI=1S/C8H8ClNO2.Na.H/c9-6-1-3-7(4-2-6)10-5-8(11)12;;/h1-4,10H,5H2,(H,11,12);;. The van der Waals surface area contributed by atoms with Crippen molar-refractivity contribution in [2.24, 2.45) is 0 Å². The van der Waals surface area contributed by atoms with Crippen LogP contribution in [-0.2, 0) is 4.79 Å². The maximum atomic E-state index is 10.2. The minimum atomic E-state index is -0.884. The molecule has 0 heterocycles. The Morgan fingerprint density at radius 1 is 1.38 bits per heavy atom. The zero-order chi connectivity index (χ0) is 8.97. The summed E-state index contributed by atoms with van der Waals surface area (Å²) in [7, 11) is 0. The van der Waals surface area contributed by atoms with Crippen molar-refractivity contribution >= 4 is 52.8 Å². The number of carbonyl (C=O) groups is 1. The van der Waals surface area contributed by atoms with Crippen LogP contribution >= 0.6 is 11.6 Å². The first kappa shape index (κ1) is 12.8. The Kier molecular flexibility index (Phi) is 6.16. The molecule has 0 aliphatic rings. The number of rotatable bonds is 3. The van der Waals surface area contributed by atoms with E-state index in [1.54, 1.807) is 24.3 Å². The number of benzene rings is 1. The van der Waals surface area contributed by atoms with E-state index >= 15 is 0 Å². The molecule has 0 aromatic heterocycles. The number of aliphatic carboxylic acids is 1. The summed E-state index contributed by atoms with van der Waals surface area (Å²) in [5.74, 6) is -0.884. The van der Waals surface area contributed by atoms with Crippen LogP contribution in [-0.4, -0.2) is 47.2 Å². The Hall–Kier alpha value is -0.220. The second kappa shape index (κ2) is 6.27. The number of hydrogen-bond acceptors (Lipinski definition) is 2. The van der Waals surface area contributed by atoms with Crippen molar-refractivity contribution in [1.82, 2.24) is 0 Å². The number of carboxylic acid groups (broad SMARTS) is 1. The Morgan fingerprint density at radius 2 is 1.92 bits per heavy atom. The number of hydrogen-bond donors (Lipinski definition) is 2. The Bertz CT molecular complexity index is 276. The first-order chi connectivity index (χ1) is 5.68. The van der Waals surface area contributed by atoms with E-state index in [4.69, 9.17) is 16.7 Å². The van der Waals surface area contributed by atoms with Crippen LogP contribution in [0.5, 0.6) is 0 Å². The summed E-state index contributed by atoms with van der Waals surface area (Å²) >= 11 is 5.63. The zero-order valence-electron chi connectivity index (χ0n) is 6.25. The summed E-state index contributed by atoms with van der Waals surface area (Å²) in [6.45, 7) is -0.0817. The molecule has 0 atom stereocenters. The normalized spacial score (nSPS) is 8.69. The van der Waals surface area contributed by atoms with Gasteiger partial charge in [-0.05, 0) is 24.3 Å². The second-order valence-corrected chi connectivity index (χ2v) is 2.69. The summed E-state index contributed by atoms with van der Waals surface area (Å²) in [6, 6.07) is 6.86. The fourth-order valence-electron chi connectivity index (χ4n) is 0.745. The molecule has 0 bridgehead atoms. The van der Waals surface area contributed by atoms with Gasteiger partial charge in [-0.2, -0.15) is 0 Å². The molecule has 1 aromatic carbocycles. The van der Waals surface area contributed by atoms with E-state index < -0.39 is 5.97 Å². The summed E-state index contributed by atoms with van der Waals surface area (Å²) in [6.07, 6.45) is 0. The third kappa shape index (κ3) is 5.16. The molecule has 1 rings (SSSR count). The van der Waals surface area contributed by atoms with Gasteiger partial charge in [0.2, 0.25) is 0 Å². The van der Waals surface area contributed by atoms with Crippen LogP contribution in [0.1, 0.15) is 0 Å². The molecule has 13 heavy (non-hydrogen) atoms. The van der Waals surface area contributed by atoms with Crippen LogP contribution in [0.2, 0.25) is 5.02 Å². The van der Waals surface area contributed by atoms with Gasteiger partial charge in [0.1, 0.15) is 6.54 Å². The topological polar surface area (TPSA) is 49.3 Å². The van der Waals surface area contributed by atoms with Gasteiger partial charge in [-0.15, -0.1) is 0 Å². The van der Waals surface area contributed by atoms with E-state index in [1.807, 2.05) is 0 Å². The van der Waals surface area contributed by atoms with Crippen LogP contribution in [0.4, 0.5) is 5.69 Å². The maximum absolute atomic E-state index is 10.2. The van der Waals surface area contributed by atoms with E-state index in [2.05, 4.69) is 5.32 Å². The monoisotopic (exact) mass is 209 g/mol.